The van der Waals surface area contributed by atoms with E-state index in [9.17, 15) is 4.79 Å². The Hall–Kier alpha value is -2.30. The smallest absolute Gasteiger partial charge is 0.328 e. The van der Waals surface area contributed by atoms with Crippen molar-refractivity contribution in [3.8, 4) is 0 Å². The minimum absolute atomic E-state index is 0.470. The lowest BCUT2D eigenvalue weighted by Gasteiger charge is -2.06. The number of para-hydroxylation sites is 1. The Morgan fingerprint density at radius 2 is 2.00 bits per heavy atom. The molecule has 1 N–H and O–H groups in total. The van der Waals surface area contributed by atoms with Gasteiger partial charge in [0.2, 0.25) is 0 Å². The standard InChI is InChI=1S/C17H12Cl2N2O2/c18-12-6-5-11(14(19)9-12)10-21-16-4-2-1-3-13(16)15(20-21)7-8-17(22)23/h1-9H,10H2,(H,22,23)/b8-7-. The second-order valence-electron chi connectivity index (χ2n) is 4.97. The third kappa shape index (κ3) is 3.38. The Labute approximate surface area is 142 Å². The number of nitrogens with zero attached hydrogens (tertiary/aromatic N) is 2. The number of aromatic nitrogens is 2. The monoisotopic (exact) mass is 346 g/mol. The summed E-state index contributed by atoms with van der Waals surface area (Å²) in [6.07, 6.45) is 2.57. The number of halogens is 2. The normalized spacial score (nSPS) is 11.4. The van der Waals surface area contributed by atoms with Crippen molar-refractivity contribution >= 4 is 46.2 Å². The molecular formula is C17H12Cl2N2O2. The van der Waals surface area contributed by atoms with Gasteiger partial charge in [0.15, 0.2) is 0 Å². The third-order valence-electron chi connectivity index (χ3n) is 3.41. The number of carboxylic acid groups (broad SMARTS) is 1. The number of hydrogen-bond donors (Lipinski definition) is 1. The highest BCUT2D eigenvalue weighted by Gasteiger charge is 2.10. The zero-order chi connectivity index (χ0) is 16.4. The predicted octanol–water partition coefficient (Wildman–Crippen LogP) is 4.49. The summed E-state index contributed by atoms with van der Waals surface area (Å²) in [5, 5.41) is 15.3. The Kier molecular flexibility index (Phi) is 4.37. The molecule has 23 heavy (non-hydrogen) atoms. The molecule has 0 aliphatic carbocycles. The van der Waals surface area contributed by atoms with Crippen molar-refractivity contribution in [3.05, 3.63) is 69.8 Å². The highest BCUT2D eigenvalue weighted by atomic mass is 35.5. The van der Waals surface area contributed by atoms with Crippen LogP contribution >= 0.6 is 23.2 Å². The molecule has 2 aromatic carbocycles. The number of aliphatic carboxylic acids is 1. The molecular weight excluding hydrogens is 335 g/mol. The van der Waals surface area contributed by atoms with E-state index < -0.39 is 5.97 Å². The average molecular weight is 347 g/mol. The molecule has 0 aliphatic heterocycles. The molecule has 0 saturated heterocycles. The van der Waals surface area contributed by atoms with Crippen LogP contribution in [0, 0.1) is 0 Å². The van der Waals surface area contributed by atoms with Crippen LogP contribution < -0.4 is 0 Å². The van der Waals surface area contributed by atoms with Gasteiger partial charge in [0, 0.05) is 21.5 Å². The van der Waals surface area contributed by atoms with Crippen LogP contribution in [0.5, 0.6) is 0 Å². The van der Waals surface area contributed by atoms with Crippen LogP contribution in [0.3, 0.4) is 0 Å². The Balaban J connectivity index is 2.05. The fraction of sp³-hybridized carbons (Fsp3) is 0.0588. The van der Waals surface area contributed by atoms with Gasteiger partial charge in [-0.25, -0.2) is 4.79 Å². The van der Waals surface area contributed by atoms with Gasteiger partial charge in [-0.1, -0.05) is 47.5 Å². The summed E-state index contributed by atoms with van der Waals surface area (Å²) in [6.45, 7) is 0.470. The lowest BCUT2D eigenvalue weighted by atomic mass is 10.2. The number of carbonyl (C=O) groups is 1. The van der Waals surface area contributed by atoms with Crippen molar-refractivity contribution < 1.29 is 9.90 Å². The van der Waals surface area contributed by atoms with Gasteiger partial charge in [-0.05, 0) is 29.8 Å². The largest absolute Gasteiger partial charge is 0.478 e. The van der Waals surface area contributed by atoms with Gasteiger partial charge in [-0.3, -0.25) is 4.68 Å². The third-order valence-corrected chi connectivity index (χ3v) is 3.99. The maximum atomic E-state index is 10.7. The first-order chi connectivity index (χ1) is 11.0. The first-order valence-electron chi connectivity index (χ1n) is 6.85. The topological polar surface area (TPSA) is 55.1 Å². The van der Waals surface area contributed by atoms with Gasteiger partial charge in [0.05, 0.1) is 17.8 Å². The minimum atomic E-state index is -1.01. The molecule has 116 valence electrons. The Morgan fingerprint density at radius 1 is 1.22 bits per heavy atom. The van der Waals surface area contributed by atoms with Crippen LogP contribution in [0.15, 0.2) is 48.5 Å². The zero-order valence-corrected chi connectivity index (χ0v) is 13.4. The Morgan fingerprint density at radius 3 is 2.74 bits per heavy atom. The quantitative estimate of drug-likeness (QED) is 0.708. The molecule has 0 atom stereocenters. The van der Waals surface area contributed by atoms with Crippen molar-refractivity contribution in [2.24, 2.45) is 0 Å². The van der Waals surface area contributed by atoms with E-state index in [0.29, 0.717) is 22.3 Å². The summed E-state index contributed by atoms with van der Waals surface area (Å²) < 4.78 is 1.80. The molecule has 0 bridgehead atoms. The molecule has 0 unspecified atom stereocenters. The molecule has 0 fully saturated rings. The first-order valence-corrected chi connectivity index (χ1v) is 7.60. The Bertz CT molecular complexity index is 916. The molecule has 0 radical (unpaired) electrons. The van der Waals surface area contributed by atoms with Crippen LogP contribution in [0.2, 0.25) is 10.0 Å². The molecule has 1 heterocycles. The fourth-order valence-electron chi connectivity index (χ4n) is 2.36. The van der Waals surface area contributed by atoms with Crippen LogP contribution in [0.1, 0.15) is 11.3 Å². The molecule has 3 rings (SSSR count). The van der Waals surface area contributed by atoms with Crippen molar-refractivity contribution in [2.75, 3.05) is 0 Å². The summed E-state index contributed by atoms with van der Waals surface area (Å²) in [5.41, 5.74) is 2.40. The van der Waals surface area contributed by atoms with Gasteiger partial charge >= 0.3 is 5.97 Å². The van der Waals surface area contributed by atoms with Crippen molar-refractivity contribution in [2.45, 2.75) is 6.54 Å². The second kappa shape index (κ2) is 6.44. The van der Waals surface area contributed by atoms with Crippen LogP contribution in [-0.4, -0.2) is 20.9 Å². The maximum Gasteiger partial charge on any atom is 0.328 e. The molecule has 3 aromatic rings. The number of hydrogen-bond acceptors (Lipinski definition) is 2. The van der Waals surface area contributed by atoms with Gasteiger partial charge < -0.3 is 5.11 Å². The predicted molar refractivity (Wildman–Crippen MR) is 92.0 cm³/mol. The van der Waals surface area contributed by atoms with E-state index >= 15 is 0 Å². The van der Waals surface area contributed by atoms with E-state index in [1.807, 2.05) is 30.3 Å². The molecule has 0 amide bonds. The van der Waals surface area contributed by atoms with E-state index in [1.54, 1.807) is 16.8 Å². The summed E-state index contributed by atoms with van der Waals surface area (Å²) in [4.78, 5) is 10.7. The van der Waals surface area contributed by atoms with E-state index in [4.69, 9.17) is 28.3 Å². The number of rotatable bonds is 4. The van der Waals surface area contributed by atoms with Crippen molar-refractivity contribution in [3.63, 3.8) is 0 Å². The lowest BCUT2D eigenvalue weighted by Crippen LogP contribution is -2.02. The second-order valence-corrected chi connectivity index (χ2v) is 5.81. The van der Waals surface area contributed by atoms with Gasteiger partial charge in [0.1, 0.15) is 0 Å². The summed E-state index contributed by atoms with van der Waals surface area (Å²) >= 11 is 12.1. The molecule has 6 heteroatoms. The fourth-order valence-corrected chi connectivity index (χ4v) is 2.83. The summed E-state index contributed by atoms with van der Waals surface area (Å²) in [7, 11) is 0. The van der Waals surface area contributed by atoms with Crippen LogP contribution in [-0.2, 0) is 11.3 Å². The van der Waals surface area contributed by atoms with Gasteiger partial charge in [0.25, 0.3) is 0 Å². The maximum absolute atomic E-state index is 10.7. The molecule has 1 aromatic heterocycles. The summed E-state index contributed by atoms with van der Waals surface area (Å²) in [5.74, 6) is -1.01. The molecule has 4 nitrogen and oxygen atoms in total. The van der Waals surface area contributed by atoms with Gasteiger partial charge in [-0.2, -0.15) is 5.10 Å². The van der Waals surface area contributed by atoms with E-state index in [0.717, 1.165) is 22.5 Å². The highest BCUT2D eigenvalue weighted by molar-refractivity contribution is 6.35. The summed E-state index contributed by atoms with van der Waals surface area (Å²) in [6, 6.07) is 13.0. The van der Waals surface area contributed by atoms with Crippen LogP contribution in [0.25, 0.3) is 17.0 Å². The highest BCUT2D eigenvalue weighted by Crippen LogP contribution is 2.25. The minimum Gasteiger partial charge on any atom is -0.478 e. The van der Waals surface area contributed by atoms with E-state index in [2.05, 4.69) is 5.10 Å². The molecule has 0 saturated carbocycles. The van der Waals surface area contributed by atoms with E-state index in [1.165, 1.54) is 6.08 Å². The van der Waals surface area contributed by atoms with Crippen molar-refractivity contribution in [1.82, 2.24) is 9.78 Å². The number of carboxylic acids is 1. The van der Waals surface area contributed by atoms with Crippen LogP contribution in [0.4, 0.5) is 0 Å². The van der Waals surface area contributed by atoms with Crippen molar-refractivity contribution in [1.29, 1.82) is 0 Å². The number of benzene rings is 2. The first kappa shape index (κ1) is 15.6. The van der Waals surface area contributed by atoms with E-state index in [-0.39, 0.29) is 0 Å². The average Bonchev–Trinajstić information content (AvgIpc) is 2.86. The molecule has 0 aliphatic rings. The SMILES string of the molecule is O=C(O)/C=C\c1nn(Cc2ccc(Cl)cc2Cl)c2ccccc12. The van der Waals surface area contributed by atoms with Gasteiger partial charge in [-0.15, -0.1) is 0 Å². The lowest BCUT2D eigenvalue weighted by molar-refractivity contribution is -0.131. The zero-order valence-electron chi connectivity index (χ0n) is 11.9. The number of fused-ring (bicyclic) bond motifs is 1. The molecule has 0 spiro atoms.